The van der Waals surface area contributed by atoms with Gasteiger partial charge in [0.15, 0.2) is 0 Å². The Morgan fingerprint density at radius 3 is 2.62 bits per heavy atom. The van der Waals surface area contributed by atoms with Gasteiger partial charge in [0.25, 0.3) is 0 Å². The number of halogens is 1. The van der Waals surface area contributed by atoms with E-state index in [2.05, 4.69) is 20.6 Å². The van der Waals surface area contributed by atoms with Crippen molar-refractivity contribution < 1.29 is 23.5 Å². The number of benzene rings is 2. The fourth-order valence-electron chi connectivity index (χ4n) is 5.46. The lowest BCUT2D eigenvalue weighted by atomic mass is 10.0. The maximum atomic E-state index is 13.5. The minimum Gasteiger partial charge on any atom is -0.444 e. The largest absolute Gasteiger partial charge is 0.444 e. The molecule has 10 nitrogen and oxygen atoms in total. The smallest absolute Gasteiger partial charge is 0.410 e. The first kappa shape index (κ1) is 30.2. The number of pyridine rings is 1. The highest BCUT2D eigenvalue weighted by molar-refractivity contribution is 6.05. The van der Waals surface area contributed by atoms with E-state index in [1.54, 1.807) is 29.4 Å². The number of rotatable bonds is 7. The Kier molecular flexibility index (Phi) is 8.26. The molecule has 234 valence electrons. The number of anilines is 2. The number of likely N-dealkylation sites (tertiary alicyclic amines) is 1. The molecule has 4 aromatic rings. The average molecular weight is 613 g/mol. The molecule has 6 rings (SSSR count). The maximum absolute atomic E-state index is 13.5. The molecule has 0 bridgehead atoms. The van der Waals surface area contributed by atoms with Gasteiger partial charge in [-0.05, 0) is 76.8 Å². The van der Waals surface area contributed by atoms with E-state index in [1.807, 2.05) is 64.1 Å². The molecule has 2 fully saturated rings. The van der Waals surface area contributed by atoms with Crippen molar-refractivity contribution in [2.24, 2.45) is 5.92 Å². The van der Waals surface area contributed by atoms with Crippen LogP contribution in [0.25, 0.3) is 22.0 Å². The average Bonchev–Trinajstić information content (AvgIpc) is 3.75. The van der Waals surface area contributed by atoms with E-state index >= 15 is 0 Å². The molecule has 3 heterocycles. The molecule has 1 unspecified atom stereocenters. The van der Waals surface area contributed by atoms with Gasteiger partial charge in [0.05, 0.1) is 17.2 Å². The van der Waals surface area contributed by atoms with Crippen molar-refractivity contribution in [3.63, 3.8) is 0 Å². The molecular weight excluding hydrogens is 575 g/mol. The standard InChI is InChI=1S/C34H37FN6O4/c1-20-12-13-22-23(9-5-11-27(22)39-30(42)25-18-26(25)35)29(20)44-31-24(10-6-15-36-31)28-14-16-37-32(40-28)38-21-8-7-17-41(19-21)33(43)45-34(2,3)4/h5-6,9-16,21,25-26H,7-8,17-19H2,1-4H3,(H,39,42)(H,37,38,40)/t21?,25-,26+/m1/s1. The highest BCUT2D eigenvalue weighted by Crippen LogP contribution is 2.40. The molecule has 11 heteroatoms. The third-order valence-electron chi connectivity index (χ3n) is 7.82. The van der Waals surface area contributed by atoms with Crippen LogP contribution < -0.4 is 15.4 Å². The molecule has 2 aromatic carbocycles. The number of nitrogens with one attached hydrogen (secondary N) is 2. The van der Waals surface area contributed by atoms with Crippen LogP contribution in [-0.4, -0.2) is 62.8 Å². The summed E-state index contributed by atoms with van der Waals surface area (Å²) in [5.74, 6) is 0.483. The highest BCUT2D eigenvalue weighted by Gasteiger charge is 2.43. The van der Waals surface area contributed by atoms with Crippen molar-refractivity contribution >= 4 is 34.4 Å². The van der Waals surface area contributed by atoms with Crippen molar-refractivity contribution in [1.82, 2.24) is 19.9 Å². The van der Waals surface area contributed by atoms with E-state index in [-0.39, 0.29) is 24.5 Å². The van der Waals surface area contributed by atoms with Gasteiger partial charge in [-0.3, -0.25) is 4.79 Å². The summed E-state index contributed by atoms with van der Waals surface area (Å²) in [5, 5.41) is 7.83. The normalized spacial score (nSPS) is 19.6. The van der Waals surface area contributed by atoms with Crippen LogP contribution in [0.2, 0.25) is 0 Å². The number of carbonyl (C=O) groups excluding carboxylic acids is 2. The highest BCUT2D eigenvalue weighted by atomic mass is 19.1. The third kappa shape index (κ3) is 6.97. The van der Waals surface area contributed by atoms with Gasteiger partial charge in [-0.25, -0.2) is 24.1 Å². The molecule has 1 saturated carbocycles. The summed E-state index contributed by atoms with van der Waals surface area (Å²) in [6.45, 7) is 8.65. The Balaban J connectivity index is 1.23. The van der Waals surface area contributed by atoms with Crippen molar-refractivity contribution in [2.45, 2.75) is 64.8 Å². The summed E-state index contributed by atoms with van der Waals surface area (Å²) in [4.78, 5) is 40.6. The number of alkyl halides is 1. The fraction of sp³-hybridized carbons (Fsp3) is 0.382. The molecule has 45 heavy (non-hydrogen) atoms. The number of amides is 2. The van der Waals surface area contributed by atoms with Gasteiger partial charge < -0.3 is 25.0 Å². The van der Waals surface area contributed by atoms with Crippen LogP contribution in [0, 0.1) is 12.8 Å². The zero-order valence-electron chi connectivity index (χ0n) is 25.8. The minimum absolute atomic E-state index is 0.0325. The van der Waals surface area contributed by atoms with Crippen molar-refractivity contribution in [1.29, 1.82) is 0 Å². The summed E-state index contributed by atoms with van der Waals surface area (Å²) in [7, 11) is 0. The van der Waals surface area contributed by atoms with Crippen molar-refractivity contribution in [2.75, 3.05) is 23.7 Å². The lowest BCUT2D eigenvalue weighted by Crippen LogP contribution is -2.47. The second-order valence-electron chi connectivity index (χ2n) is 12.6. The molecule has 2 aromatic heterocycles. The van der Waals surface area contributed by atoms with Crippen molar-refractivity contribution in [3.8, 4) is 22.9 Å². The first-order chi connectivity index (χ1) is 21.6. The first-order valence-corrected chi connectivity index (χ1v) is 15.2. The number of aryl methyl sites for hydroxylation is 1. The number of fused-ring (bicyclic) bond motifs is 1. The molecular formula is C34H37FN6O4. The zero-order valence-corrected chi connectivity index (χ0v) is 25.8. The van der Waals surface area contributed by atoms with Gasteiger partial charge in [0.2, 0.25) is 17.7 Å². The molecule has 1 aliphatic heterocycles. The molecule has 2 aliphatic rings. The number of piperidine rings is 1. The second-order valence-corrected chi connectivity index (χ2v) is 12.6. The zero-order chi connectivity index (χ0) is 31.7. The molecule has 2 N–H and O–H groups in total. The number of hydrogen-bond acceptors (Lipinski definition) is 8. The Labute approximate surface area is 261 Å². The summed E-state index contributed by atoms with van der Waals surface area (Å²) in [6, 6.07) is 14.9. The summed E-state index contributed by atoms with van der Waals surface area (Å²) in [5.41, 5.74) is 2.21. The van der Waals surface area contributed by atoms with Crippen LogP contribution in [0.3, 0.4) is 0 Å². The van der Waals surface area contributed by atoms with E-state index in [0.717, 1.165) is 29.2 Å². The monoisotopic (exact) mass is 612 g/mol. The van der Waals surface area contributed by atoms with Gasteiger partial charge in [0.1, 0.15) is 17.5 Å². The second kappa shape index (κ2) is 12.3. The molecule has 0 spiro atoms. The van der Waals surface area contributed by atoms with Crippen LogP contribution in [0.1, 0.15) is 45.6 Å². The van der Waals surface area contributed by atoms with Crippen LogP contribution in [0.4, 0.5) is 20.8 Å². The topological polar surface area (TPSA) is 119 Å². The fourth-order valence-corrected chi connectivity index (χ4v) is 5.46. The minimum atomic E-state index is -1.07. The predicted octanol–water partition coefficient (Wildman–Crippen LogP) is 6.90. The van der Waals surface area contributed by atoms with Crippen LogP contribution in [-0.2, 0) is 9.53 Å². The van der Waals surface area contributed by atoms with Gasteiger partial charge in [-0.2, -0.15) is 0 Å². The van der Waals surface area contributed by atoms with Crippen LogP contribution in [0.15, 0.2) is 60.9 Å². The Bertz CT molecular complexity index is 1740. The van der Waals surface area contributed by atoms with Crippen LogP contribution >= 0.6 is 0 Å². The molecule has 3 atom stereocenters. The van der Waals surface area contributed by atoms with E-state index in [9.17, 15) is 14.0 Å². The number of nitrogens with zero attached hydrogens (tertiary/aromatic N) is 4. The Morgan fingerprint density at radius 2 is 1.84 bits per heavy atom. The van der Waals surface area contributed by atoms with Gasteiger partial charge in [-0.1, -0.05) is 24.3 Å². The van der Waals surface area contributed by atoms with Gasteiger partial charge >= 0.3 is 6.09 Å². The maximum Gasteiger partial charge on any atom is 0.410 e. The number of ether oxygens (including phenoxy) is 2. The van der Waals surface area contributed by atoms with Crippen molar-refractivity contribution in [3.05, 3.63) is 66.5 Å². The molecule has 1 saturated heterocycles. The summed E-state index contributed by atoms with van der Waals surface area (Å²) >= 11 is 0. The SMILES string of the molecule is Cc1ccc2c(NC(=O)[C@@H]3C[C@@H]3F)cccc2c1Oc1ncccc1-c1ccnc(NC2CCCN(C(=O)OC(C)(C)C)C2)n1. The van der Waals surface area contributed by atoms with Crippen LogP contribution in [0.5, 0.6) is 11.6 Å². The molecule has 0 radical (unpaired) electrons. The lowest BCUT2D eigenvalue weighted by Gasteiger charge is -2.34. The number of aromatic nitrogens is 3. The Hall–Kier alpha value is -4.80. The molecule has 1 aliphatic carbocycles. The quantitative estimate of drug-likeness (QED) is 0.231. The lowest BCUT2D eigenvalue weighted by molar-refractivity contribution is -0.117. The van der Waals surface area contributed by atoms with E-state index < -0.39 is 17.7 Å². The Morgan fingerprint density at radius 1 is 1.02 bits per heavy atom. The van der Waals surface area contributed by atoms with E-state index in [4.69, 9.17) is 14.5 Å². The third-order valence-corrected chi connectivity index (χ3v) is 7.82. The molecule has 2 amide bonds. The summed E-state index contributed by atoms with van der Waals surface area (Å²) < 4.78 is 25.6. The van der Waals surface area contributed by atoms with Gasteiger partial charge in [0, 0.05) is 48.0 Å². The number of hydrogen-bond donors (Lipinski definition) is 2. The van der Waals surface area contributed by atoms with E-state index in [1.165, 1.54) is 0 Å². The predicted molar refractivity (Wildman–Crippen MR) is 170 cm³/mol. The van der Waals surface area contributed by atoms with E-state index in [0.29, 0.717) is 47.6 Å². The first-order valence-electron chi connectivity index (χ1n) is 15.2. The van der Waals surface area contributed by atoms with Gasteiger partial charge in [-0.15, -0.1) is 0 Å². The number of carbonyl (C=O) groups is 2. The summed E-state index contributed by atoms with van der Waals surface area (Å²) in [6.07, 6.45) is 3.90.